The van der Waals surface area contributed by atoms with Gasteiger partial charge in [-0.25, -0.2) is 0 Å². The van der Waals surface area contributed by atoms with Crippen LogP contribution in [0.2, 0.25) is 0 Å². The largest absolute Gasteiger partial charge is 0.485 e. The fourth-order valence-electron chi connectivity index (χ4n) is 2.01. The topological polar surface area (TPSA) is 26.3 Å². The fourth-order valence-corrected chi connectivity index (χ4v) is 2.95. The van der Waals surface area contributed by atoms with Gasteiger partial charge in [0, 0.05) is 15.3 Å². The van der Waals surface area contributed by atoms with Crippen molar-refractivity contribution in [2.75, 3.05) is 6.61 Å². The molecule has 0 amide bonds. The Hall–Kier alpha value is -1.61. The Labute approximate surface area is 118 Å². The zero-order valence-corrected chi connectivity index (χ0v) is 12.6. The minimum atomic E-state index is 0.0442. The maximum absolute atomic E-state index is 12.1. The average Bonchev–Trinajstić information content (AvgIpc) is 2.70. The summed E-state index contributed by atoms with van der Waals surface area (Å²) in [6.45, 7) is 8.13. The van der Waals surface area contributed by atoms with Crippen LogP contribution in [0.15, 0.2) is 24.3 Å². The first-order chi connectivity index (χ1) is 8.99. The fraction of sp³-hybridized carbons (Fsp3) is 0.312. The molecule has 0 saturated carbocycles. The summed E-state index contributed by atoms with van der Waals surface area (Å²) < 4.78 is 5.65. The molecule has 0 atom stereocenters. The van der Waals surface area contributed by atoms with Crippen LogP contribution in [0.1, 0.15) is 31.2 Å². The van der Waals surface area contributed by atoms with Crippen LogP contribution in [0.5, 0.6) is 5.75 Å². The van der Waals surface area contributed by atoms with E-state index in [4.69, 9.17) is 4.74 Å². The van der Waals surface area contributed by atoms with Crippen LogP contribution >= 0.6 is 11.3 Å². The Morgan fingerprint density at radius 1 is 1.21 bits per heavy atom. The van der Waals surface area contributed by atoms with E-state index in [9.17, 15) is 4.79 Å². The molecule has 0 aliphatic heterocycles. The van der Waals surface area contributed by atoms with Gasteiger partial charge in [0.1, 0.15) is 5.75 Å². The Morgan fingerprint density at radius 2 is 1.95 bits per heavy atom. The molecule has 1 heterocycles. The molecule has 2 nitrogen and oxygen atoms in total. The summed E-state index contributed by atoms with van der Waals surface area (Å²) in [5.74, 6) is 0.834. The second kappa shape index (κ2) is 5.57. The summed E-state index contributed by atoms with van der Waals surface area (Å²) in [4.78, 5) is 14.4. The van der Waals surface area contributed by atoms with Gasteiger partial charge in [-0.15, -0.1) is 11.3 Å². The lowest BCUT2D eigenvalue weighted by Crippen LogP contribution is -2.12. The zero-order chi connectivity index (χ0) is 14.0. The number of carbonyl (C=O) groups is 1. The lowest BCUT2D eigenvalue weighted by molar-refractivity contribution is 0.0921. The maximum atomic E-state index is 12.1. The van der Waals surface area contributed by atoms with Gasteiger partial charge < -0.3 is 4.74 Å². The van der Waals surface area contributed by atoms with Gasteiger partial charge in [0.2, 0.25) is 5.78 Å². The van der Waals surface area contributed by atoms with Crippen molar-refractivity contribution in [3.8, 4) is 5.75 Å². The Morgan fingerprint density at radius 3 is 2.58 bits per heavy atom. The quantitative estimate of drug-likeness (QED) is 0.779. The first-order valence-corrected chi connectivity index (χ1v) is 7.10. The van der Waals surface area contributed by atoms with Gasteiger partial charge in [0.15, 0.2) is 6.61 Å². The molecule has 0 radical (unpaired) electrons. The highest BCUT2D eigenvalue weighted by Crippen LogP contribution is 2.23. The van der Waals surface area contributed by atoms with Crippen molar-refractivity contribution < 1.29 is 9.53 Å². The standard InChI is InChI=1S/C16H18O2S/c1-10-6-5-7-16(12(10)3)18-9-15(17)14-8-11(2)19-13(14)4/h5-8H,9H2,1-4H3. The smallest absolute Gasteiger partial charge is 0.201 e. The Balaban J connectivity index is 2.09. The monoisotopic (exact) mass is 274 g/mol. The molecule has 0 aliphatic rings. The highest BCUT2D eigenvalue weighted by Gasteiger charge is 2.13. The molecule has 0 N–H and O–H groups in total. The summed E-state index contributed by atoms with van der Waals surface area (Å²) in [5.41, 5.74) is 3.05. The average molecular weight is 274 g/mol. The highest BCUT2D eigenvalue weighted by atomic mass is 32.1. The van der Waals surface area contributed by atoms with E-state index >= 15 is 0 Å². The van der Waals surface area contributed by atoms with Gasteiger partial charge in [-0.2, -0.15) is 0 Å². The van der Waals surface area contributed by atoms with Crippen molar-refractivity contribution in [1.29, 1.82) is 0 Å². The van der Waals surface area contributed by atoms with E-state index in [1.54, 1.807) is 11.3 Å². The maximum Gasteiger partial charge on any atom is 0.201 e. The molecule has 3 heteroatoms. The van der Waals surface area contributed by atoms with Crippen molar-refractivity contribution in [2.24, 2.45) is 0 Å². The van der Waals surface area contributed by atoms with E-state index in [1.807, 2.05) is 52.0 Å². The lowest BCUT2D eigenvalue weighted by atomic mass is 10.1. The third kappa shape index (κ3) is 3.04. The molecule has 0 saturated heterocycles. The number of ether oxygens (including phenoxy) is 1. The predicted molar refractivity (Wildman–Crippen MR) is 79.5 cm³/mol. The first kappa shape index (κ1) is 13.8. The van der Waals surface area contributed by atoms with E-state index in [2.05, 4.69) is 0 Å². The number of thiophene rings is 1. The normalized spacial score (nSPS) is 10.5. The SMILES string of the molecule is Cc1cc(C(=O)COc2cccc(C)c2C)c(C)s1. The van der Waals surface area contributed by atoms with Crippen molar-refractivity contribution >= 4 is 17.1 Å². The third-order valence-corrected chi connectivity index (χ3v) is 4.22. The molecule has 100 valence electrons. The van der Waals surface area contributed by atoms with E-state index in [0.29, 0.717) is 0 Å². The third-order valence-electron chi connectivity index (χ3n) is 3.26. The first-order valence-electron chi connectivity index (χ1n) is 6.28. The molecule has 0 spiro atoms. The van der Waals surface area contributed by atoms with Crippen LogP contribution in [-0.4, -0.2) is 12.4 Å². The Kier molecular flexibility index (Phi) is 4.05. The number of carbonyl (C=O) groups excluding carboxylic acids is 1. The van der Waals surface area contributed by atoms with Gasteiger partial charge in [-0.05, 0) is 51.0 Å². The second-order valence-corrected chi connectivity index (χ2v) is 6.20. The van der Waals surface area contributed by atoms with Crippen molar-refractivity contribution in [3.63, 3.8) is 0 Å². The molecule has 19 heavy (non-hydrogen) atoms. The molecule has 0 unspecified atom stereocenters. The Bertz CT molecular complexity index is 611. The van der Waals surface area contributed by atoms with Gasteiger partial charge >= 0.3 is 0 Å². The zero-order valence-electron chi connectivity index (χ0n) is 11.7. The van der Waals surface area contributed by atoms with Crippen LogP contribution in [0.4, 0.5) is 0 Å². The van der Waals surface area contributed by atoms with Gasteiger partial charge in [0.25, 0.3) is 0 Å². The van der Waals surface area contributed by atoms with Crippen molar-refractivity contribution in [1.82, 2.24) is 0 Å². The van der Waals surface area contributed by atoms with Crippen LogP contribution in [-0.2, 0) is 0 Å². The molecular weight excluding hydrogens is 256 g/mol. The summed E-state index contributed by atoms with van der Waals surface area (Å²) in [6.07, 6.45) is 0. The molecule has 0 aliphatic carbocycles. The van der Waals surface area contributed by atoms with Crippen molar-refractivity contribution in [2.45, 2.75) is 27.7 Å². The summed E-state index contributed by atoms with van der Waals surface area (Å²) in [6, 6.07) is 7.83. The minimum absolute atomic E-state index is 0.0442. The van der Waals surface area contributed by atoms with Gasteiger partial charge in [-0.3, -0.25) is 4.79 Å². The number of hydrogen-bond donors (Lipinski definition) is 0. The molecule has 0 bridgehead atoms. The van der Waals surface area contributed by atoms with Crippen LogP contribution < -0.4 is 4.74 Å². The number of aryl methyl sites for hydroxylation is 3. The van der Waals surface area contributed by atoms with E-state index < -0.39 is 0 Å². The van der Waals surface area contributed by atoms with Crippen LogP contribution in [0.25, 0.3) is 0 Å². The molecule has 0 fully saturated rings. The van der Waals surface area contributed by atoms with Gasteiger partial charge in [-0.1, -0.05) is 12.1 Å². The minimum Gasteiger partial charge on any atom is -0.485 e. The number of benzene rings is 1. The van der Waals surface area contributed by atoms with E-state index in [-0.39, 0.29) is 12.4 Å². The van der Waals surface area contributed by atoms with Gasteiger partial charge in [0.05, 0.1) is 0 Å². The molecule has 2 aromatic rings. The predicted octanol–water partition coefficient (Wildman–Crippen LogP) is 4.24. The van der Waals surface area contributed by atoms with E-state index in [1.165, 1.54) is 5.56 Å². The molecule has 1 aromatic carbocycles. The second-order valence-electron chi connectivity index (χ2n) is 4.74. The number of hydrogen-bond acceptors (Lipinski definition) is 3. The number of Topliss-reactive ketones (excluding diaryl/α,β-unsaturated/α-hetero) is 1. The molecule has 2 rings (SSSR count). The van der Waals surface area contributed by atoms with E-state index in [0.717, 1.165) is 26.6 Å². The summed E-state index contributed by atoms with van der Waals surface area (Å²) in [5, 5.41) is 0. The summed E-state index contributed by atoms with van der Waals surface area (Å²) >= 11 is 1.65. The molecule has 1 aromatic heterocycles. The molecular formula is C16H18O2S. The lowest BCUT2D eigenvalue weighted by Gasteiger charge is -2.10. The highest BCUT2D eigenvalue weighted by molar-refractivity contribution is 7.12. The summed E-state index contributed by atoms with van der Waals surface area (Å²) in [7, 11) is 0. The van der Waals surface area contributed by atoms with Crippen molar-refractivity contribution in [3.05, 3.63) is 50.7 Å². The number of rotatable bonds is 4. The van der Waals surface area contributed by atoms with Crippen LogP contribution in [0.3, 0.4) is 0 Å². The van der Waals surface area contributed by atoms with Crippen LogP contribution in [0, 0.1) is 27.7 Å². The number of ketones is 1.